The molecule has 0 N–H and O–H groups in total. The lowest BCUT2D eigenvalue weighted by Gasteiger charge is -2.05. The molecule has 86 valence electrons. The lowest BCUT2D eigenvalue weighted by atomic mass is 10.0. The Morgan fingerprint density at radius 2 is 1.65 bits per heavy atom. The van der Waals surface area contributed by atoms with Crippen LogP contribution in [0.2, 0.25) is 0 Å². The number of benzene rings is 2. The molecule has 0 spiro atoms. The average molecular weight is 354 g/mol. The van der Waals surface area contributed by atoms with Crippen LogP contribution in [0.3, 0.4) is 0 Å². The zero-order valence-corrected chi connectivity index (χ0v) is 12.4. The first-order valence-corrected chi connectivity index (χ1v) is 6.73. The standard InChI is InChI=1S/C14H10Br2O/c1-9-2-7-12(13(16)8-9)14(17)10-3-5-11(15)6-4-10/h2-8H,1H3. The Morgan fingerprint density at radius 1 is 1.00 bits per heavy atom. The molecule has 17 heavy (non-hydrogen) atoms. The van der Waals surface area contributed by atoms with Gasteiger partial charge < -0.3 is 0 Å². The van der Waals surface area contributed by atoms with E-state index in [1.54, 1.807) is 0 Å². The van der Waals surface area contributed by atoms with Gasteiger partial charge in [0.2, 0.25) is 0 Å². The number of halogens is 2. The molecule has 2 aromatic rings. The summed E-state index contributed by atoms with van der Waals surface area (Å²) >= 11 is 6.78. The lowest BCUT2D eigenvalue weighted by molar-refractivity contribution is 0.103. The average Bonchev–Trinajstić information content (AvgIpc) is 2.29. The molecule has 0 fully saturated rings. The third kappa shape index (κ3) is 2.85. The summed E-state index contributed by atoms with van der Waals surface area (Å²) in [5, 5.41) is 0. The van der Waals surface area contributed by atoms with E-state index in [2.05, 4.69) is 31.9 Å². The highest BCUT2D eigenvalue weighted by Gasteiger charge is 2.12. The van der Waals surface area contributed by atoms with Gasteiger partial charge in [-0.15, -0.1) is 0 Å². The SMILES string of the molecule is Cc1ccc(C(=O)c2ccc(Br)cc2)c(Br)c1. The number of carbonyl (C=O) groups is 1. The van der Waals surface area contributed by atoms with E-state index >= 15 is 0 Å². The van der Waals surface area contributed by atoms with Gasteiger partial charge in [0.25, 0.3) is 0 Å². The smallest absolute Gasteiger partial charge is 0.194 e. The van der Waals surface area contributed by atoms with Crippen LogP contribution < -0.4 is 0 Å². The molecule has 0 amide bonds. The van der Waals surface area contributed by atoms with Gasteiger partial charge in [-0.2, -0.15) is 0 Å². The Bertz CT molecular complexity index is 559. The highest BCUT2D eigenvalue weighted by molar-refractivity contribution is 9.10. The quantitative estimate of drug-likeness (QED) is 0.712. The van der Waals surface area contributed by atoms with Crippen LogP contribution in [0.15, 0.2) is 51.4 Å². The first kappa shape index (κ1) is 12.5. The molecule has 0 aliphatic rings. The number of rotatable bonds is 2. The molecule has 3 heteroatoms. The van der Waals surface area contributed by atoms with Crippen LogP contribution in [0, 0.1) is 6.92 Å². The molecule has 0 radical (unpaired) electrons. The molecule has 0 heterocycles. The van der Waals surface area contributed by atoms with Gasteiger partial charge in [0.1, 0.15) is 0 Å². The molecule has 0 unspecified atom stereocenters. The maximum Gasteiger partial charge on any atom is 0.194 e. The third-order valence-corrected chi connectivity index (χ3v) is 3.66. The molecule has 1 nitrogen and oxygen atoms in total. The maximum absolute atomic E-state index is 12.2. The largest absolute Gasteiger partial charge is 0.289 e. The van der Waals surface area contributed by atoms with Crippen molar-refractivity contribution in [2.24, 2.45) is 0 Å². The van der Waals surface area contributed by atoms with E-state index < -0.39 is 0 Å². The third-order valence-electron chi connectivity index (χ3n) is 2.48. The minimum absolute atomic E-state index is 0.0318. The summed E-state index contributed by atoms with van der Waals surface area (Å²) in [5.74, 6) is 0.0318. The van der Waals surface area contributed by atoms with Crippen molar-refractivity contribution >= 4 is 37.6 Å². The maximum atomic E-state index is 12.2. The van der Waals surface area contributed by atoms with Crippen molar-refractivity contribution in [2.75, 3.05) is 0 Å². The van der Waals surface area contributed by atoms with Crippen molar-refractivity contribution < 1.29 is 4.79 Å². The predicted octanol–water partition coefficient (Wildman–Crippen LogP) is 4.75. The number of ketones is 1. The first-order valence-electron chi connectivity index (χ1n) is 5.14. The van der Waals surface area contributed by atoms with Gasteiger partial charge in [-0.1, -0.05) is 37.9 Å². The van der Waals surface area contributed by atoms with Crippen molar-refractivity contribution in [1.82, 2.24) is 0 Å². The van der Waals surface area contributed by atoms with Gasteiger partial charge >= 0.3 is 0 Å². The zero-order valence-electron chi connectivity index (χ0n) is 9.21. The second-order valence-electron chi connectivity index (χ2n) is 3.82. The monoisotopic (exact) mass is 352 g/mol. The van der Waals surface area contributed by atoms with E-state index in [4.69, 9.17) is 0 Å². The number of carbonyl (C=O) groups excluding carboxylic acids is 1. The molecular weight excluding hydrogens is 344 g/mol. The van der Waals surface area contributed by atoms with Gasteiger partial charge in [0.15, 0.2) is 5.78 Å². The first-order chi connectivity index (χ1) is 8.08. The molecule has 0 aromatic heterocycles. The second kappa shape index (κ2) is 5.15. The molecular formula is C14H10Br2O. The van der Waals surface area contributed by atoms with Crippen molar-refractivity contribution in [3.8, 4) is 0 Å². The van der Waals surface area contributed by atoms with Crippen LogP contribution in [0.5, 0.6) is 0 Å². The minimum atomic E-state index is 0.0318. The summed E-state index contributed by atoms with van der Waals surface area (Å²) < 4.78 is 1.81. The van der Waals surface area contributed by atoms with Gasteiger partial charge in [-0.3, -0.25) is 4.79 Å². The Labute approximate surface area is 117 Å². The number of aryl methyl sites for hydroxylation is 1. The van der Waals surface area contributed by atoms with Crippen LogP contribution in [0.4, 0.5) is 0 Å². The van der Waals surface area contributed by atoms with Crippen LogP contribution in [-0.2, 0) is 0 Å². The van der Waals surface area contributed by atoms with E-state index in [-0.39, 0.29) is 5.78 Å². The summed E-state index contributed by atoms with van der Waals surface area (Å²) in [6.07, 6.45) is 0. The van der Waals surface area contributed by atoms with E-state index in [0.717, 1.165) is 14.5 Å². The Hall–Kier alpha value is -0.930. The Balaban J connectivity index is 2.40. The normalized spacial score (nSPS) is 10.3. The van der Waals surface area contributed by atoms with Crippen LogP contribution in [0.25, 0.3) is 0 Å². The van der Waals surface area contributed by atoms with Crippen molar-refractivity contribution in [2.45, 2.75) is 6.92 Å². The number of hydrogen-bond donors (Lipinski definition) is 0. The molecule has 2 rings (SSSR count). The van der Waals surface area contributed by atoms with E-state index in [1.807, 2.05) is 49.4 Å². The molecule has 0 atom stereocenters. The highest BCUT2D eigenvalue weighted by Crippen LogP contribution is 2.22. The topological polar surface area (TPSA) is 17.1 Å². The molecule has 0 saturated heterocycles. The molecule has 2 aromatic carbocycles. The molecule has 0 aliphatic carbocycles. The Kier molecular flexibility index (Phi) is 3.79. The fraction of sp³-hybridized carbons (Fsp3) is 0.0714. The zero-order chi connectivity index (χ0) is 12.4. The molecule has 0 bridgehead atoms. The van der Waals surface area contributed by atoms with Crippen molar-refractivity contribution in [3.05, 3.63) is 68.1 Å². The van der Waals surface area contributed by atoms with Gasteiger partial charge in [0, 0.05) is 20.1 Å². The van der Waals surface area contributed by atoms with Gasteiger partial charge in [-0.25, -0.2) is 0 Å². The van der Waals surface area contributed by atoms with Crippen molar-refractivity contribution in [1.29, 1.82) is 0 Å². The minimum Gasteiger partial charge on any atom is -0.289 e. The lowest BCUT2D eigenvalue weighted by Crippen LogP contribution is -2.02. The van der Waals surface area contributed by atoms with Crippen LogP contribution >= 0.6 is 31.9 Å². The Morgan fingerprint density at radius 3 is 2.24 bits per heavy atom. The van der Waals surface area contributed by atoms with Gasteiger partial charge in [-0.05, 0) is 48.9 Å². The molecule has 0 aliphatic heterocycles. The van der Waals surface area contributed by atoms with Gasteiger partial charge in [0.05, 0.1) is 0 Å². The second-order valence-corrected chi connectivity index (χ2v) is 5.59. The summed E-state index contributed by atoms with van der Waals surface area (Å²) in [4.78, 5) is 12.2. The molecule has 0 saturated carbocycles. The summed E-state index contributed by atoms with van der Waals surface area (Å²) in [6, 6.07) is 13.1. The fourth-order valence-electron chi connectivity index (χ4n) is 1.56. The van der Waals surface area contributed by atoms with E-state index in [1.165, 1.54) is 0 Å². The summed E-state index contributed by atoms with van der Waals surface area (Å²) in [6.45, 7) is 2.00. The highest BCUT2D eigenvalue weighted by atomic mass is 79.9. The van der Waals surface area contributed by atoms with Crippen LogP contribution in [-0.4, -0.2) is 5.78 Å². The number of hydrogen-bond acceptors (Lipinski definition) is 1. The summed E-state index contributed by atoms with van der Waals surface area (Å²) in [7, 11) is 0. The summed E-state index contributed by atoms with van der Waals surface area (Å²) in [5.41, 5.74) is 2.51. The predicted molar refractivity (Wildman–Crippen MR) is 76.5 cm³/mol. The van der Waals surface area contributed by atoms with E-state index in [9.17, 15) is 4.79 Å². The fourth-order valence-corrected chi connectivity index (χ4v) is 2.50. The van der Waals surface area contributed by atoms with E-state index in [0.29, 0.717) is 11.1 Å². The van der Waals surface area contributed by atoms with Crippen molar-refractivity contribution in [3.63, 3.8) is 0 Å². The van der Waals surface area contributed by atoms with Crippen LogP contribution in [0.1, 0.15) is 21.5 Å².